The lowest BCUT2D eigenvalue weighted by Gasteiger charge is -2.09. The maximum Gasteiger partial charge on any atom is 0.164 e. The van der Waals surface area contributed by atoms with Gasteiger partial charge in [0, 0.05) is 43.6 Å². The van der Waals surface area contributed by atoms with Gasteiger partial charge in [-0.2, -0.15) is 0 Å². The molecule has 0 saturated carbocycles. The number of furan rings is 2. The van der Waals surface area contributed by atoms with Crippen LogP contribution in [0.2, 0.25) is 0 Å². The zero-order valence-corrected chi connectivity index (χ0v) is 25.6. The smallest absolute Gasteiger partial charge is 0.164 e. The van der Waals surface area contributed by atoms with E-state index in [4.69, 9.17) is 23.8 Å². The summed E-state index contributed by atoms with van der Waals surface area (Å²) in [5, 5.41) is 6.46. The van der Waals surface area contributed by atoms with Gasteiger partial charge in [0.2, 0.25) is 0 Å². The van der Waals surface area contributed by atoms with Gasteiger partial charge in [0.15, 0.2) is 17.5 Å². The maximum atomic E-state index is 6.61. The quantitative estimate of drug-likeness (QED) is 0.197. The molecule has 0 radical (unpaired) electrons. The summed E-state index contributed by atoms with van der Waals surface area (Å²) in [6.45, 7) is 0. The summed E-state index contributed by atoms with van der Waals surface area (Å²) < 4.78 is 12.8. The van der Waals surface area contributed by atoms with Gasteiger partial charge in [0.1, 0.15) is 22.3 Å². The summed E-state index contributed by atoms with van der Waals surface area (Å²) in [4.78, 5) is 15.1. The molecule has 0 aliphatic rings. The van der Waals surface area contributed by atoms with Gasteiger partial charge >= 0.3 is 0 Å². The molecular weight excluding hydrogens is 590 g/mol. The van der Waals surface area contributed by atoms with Crippen LogP contribution in [-0.2, 0) is 0 Å². The second-order valence-electron chi connectivity index (χ2n) is 12.0. The molecule has 0 aliphatic heterocycles. The topological polar surface area (TPSA) is 65.0 Å². The van der Waals surface area contributed by atoms with Gasteiger partial charge in [-0.15, -0.1) is 0 Å². The molecule has 0 fully saturated rings. The van der Waals surface area contributed by atoms with E-state index in [-0.39, 0.29) is 0 Å². The highest BCUT2D eigenvalue weighted by Crippen LogP contribution is 2.42. The van der Waals surface area contributed by atoms with Crippen LogP contribution in [0.5, 0.6) is 0 Å². The Morgan fingerprint density at radius 2 is 0.938 bits per heavy atom. The minimum absolute atomic E-state index is 0.578. The van der Waals surface area contributed by atoms with Crippen molar-refractivity contribution in [2.24, 2.45) is 0 Å². The molecule has 0 atom stereocenters. The Bertz CT molecular complexity index is 2840. The summed E-state index contributed by atoms with van der Waals surface area (Å²) >= 11 is 0. The summed E-state index contributed by atoms with van der Waals surface area (Å²) in [5.41, 5.74) is 8.25. The molecule has 0 spiro atoms. The number of aromatic nitrogens is 3. The Kier molecular flexibility index (Phi) is 5.81. The highest BCUT2D eigenvalue weighted by molar-refractivity contribution is 6.21. The van der Waals surface area contributed by atoms with Crippen LogP contribution in [0.4, 0.5) is 0 Å². The van der Waals surface area contributed by atoms with Crippen molar-refractivity contribution in [1.82, 2.24) is 15.0 Å². The standard InChI is InChI=1S/C43H25N3O2/c1-3-11-26(12-4-1)34-23-28-15-7-8-16-31(28)40-39(34)35-24-29(20-22-37(35)48-40)42-44-41(27-13-5-2-6-14-27)45-43(46-42)30-19-21-33-32-17-9-10-18-36(32)47-38(33)25-30/h1-25H. The molecule has 224 valence electrons. The van der Waals surface area contributed by atoms with Gasteiger partial charge < -0.3 is 8.83 Å². The summed E-state index contributed by atoms with van der Waals surface area (Å²) in [6, 6.07) is 51.6. The number of hydrogen-bond acceptors (Lipinski definition) is 5. The predicted molar refractivity (Wildman–Crippen MR) is 194 cm³/mol. The van der Waals surface area contributed by atoms with E-state index in [1.54, 1.807) is 0 Å². The zero-order chi connectivity index (χ0) is 31.6. The average molecular weight is 616 g/mol. The van der Waals surface area contributed by atoms with Gasteiger partial charge in [-0.05, 0) is 59.0 Å². The molecule has 48 heavy (non-hydrogen) atoms. The summed E-state index contributed by atoms with van der Waals surface area (Å²) in [6.07, 6.45) is 0. The lowest BCUT2D eigenvalue weighted by molar-refractivity contribution is 0.669. The predicted octanol–water partition coefficient (Wildman–Crippen LogP) is 11.5. The number of fused-ring (bicyclic) bond motifs is 8. The van der Waals surface area contributed by atoms with Gasteiger partial charge in [0.05, 0.1) is 0 Å². The van der Waals surface area contributed by atoms with Crippen molar-refractivity contribution >= 4 is 54.6 Å². The van der Waals surface area contributed by atoms with Crippen molar-refractivity contribution in [2.75, 3.05) is 0 Å². The van der Waals surface area contributed by atoms with Crippen molar-refractivity contribution < 1.29 is 8.83 Å². The van der Waals surface area contributed by atoms with E-state index in [2.05, 4.69) is 78.9 Å². The van der Waals surface area contributed by atoms with Crippen molar-refractivity contribution in [3.63, 3.8) is 0 Å². The van der Waals surface area contributed by atoms with Crippen LogP contribution in [0.3, 0.4) is 0 Å². The Labute approximate surface area is 274 Å². The SMILES string of the molecule is c1ccc(-c2nc(-c3ccc4c(c3)oc3ccccc34)nc(-c3ccc4oc5c6ccccc6cc(-c6ccccc6)c5c4c3)n2)cc1. The fourth-order valence-electron chi connectivity index (χ4n) is 6.81. The van der Waals surface area contributed by atoms with E-state index in [9.17, 15) is 0 Å². The molecule has 5 nitrogen and oxygen atoms in total. The highest BCUT2D eigenvalue weighted by atomic mass is 16.3. The minimum atomic E-state index is 0.578. The van der Waals surface area contributed by atoms with Crippen LogP contribution in [-0.4, -0.2) is 15.0 Å². The first-order chi connectivity index (χ1) is 23.8. The molecule has 7 aromatic carbocycles. The number of benzene rings is 7. The number of para-hydroxylation sites is 1. The maximum absolute atomic E-state index is 6.61. The molecule has 0 aliphatic carbocycles. The molecule has 0 saturated heterocycles. The van der Waals surface area contributed by atoms with E-state index in [1.165, 1.54) is 0 Å². The number of nitrogens with zero attached hydrogens (tertiary/aromatic N) is 3. The van der Waals surface area contributed by atoms with Crippen LogP contribution in [0.25, 0.3) is 99.9 Å². The summed E-state index contributed by atoms with van der Waals surface area (Å²) in [5.74, 6) is 1.77. The molecule has 3 aromatic heterocycles. The Hall–Kier alpha value is -6.59. The Morgan fingerprint density at radius 1 is 0.354 bits per heavy atom. The third kappa shape index (κ3) is 4.22. The van der Waals surface area contributed by atoms with Gasteiger partial charge in [-0.25, -0.2) is 15.0 Å². The van der Waals surface area contributed by atoms with Crippen LogP contribution >= 0.6 is 0 Å². The second-order valence-corrected chi connectivity index (χ2v) is 12.0. The van der Waals surface area contributed by atoms with Crippen molar-refractivity contribution in [3.05, 3.63) is 152 Å². The van der Waals surface area contributed by atoms with Crippen molar-refractivity contribution in [3.8, 4) is 45.3 Å². The molecule has 5 heteroatoms. The van der Waals surface area contributed by atoms with Gasteiger partial charge in [-0.3, -0.25) is 0 Å². The monoisotopic (exact) mass is 615 g/mol. The molecule has 10 rings (SSSR count). The molecular formula is C43H25N3O2. The lowest BCUT2D eigenvalue weighted by Crippen LogP contribution is -2.00. The third-order valence-corrected chi connectivity index (χ3v) is 9.11. The van der Waals surface area contributed by atoms with Gasteiger partial charge in [0.25, 0.3) is 0 Å². The van der Waals surface area contributed by atoms with E-state index in [0.29, 0.717) is 17.5 Å². The second kappa shape index (κ2) is 10.5. The van der Waals surface area contributed by atoms with Crippen LogP contribution < -0.4 is 0 Å². The van der Waals surface area contributed by atoms with Crippen LogP contribution in [0.1, 0.15) is 0 Å². The number of rotatable bonds is 4. The Morgan fingerprint density at radius 3 is 1.73 bits per heavy atom. The molecule has 0 amide bonds. The largest absolute Gasteiger partial charge is 0.456 e. The first-order valence-corrected chi connectivity index (χ1v) is 15.9. The van der Waals surface area contributed by atoms with E-state index in [0.717, 1.165) is 82.5 Å². The van der Waals surface area contributed by atoms with Crippen molar-refractivity contribution in [2.45, 2.75) is 0 Å². The zero-order valence-electron chi connectivity index (χ0n) is 25.6. The number of hydrogen-bond donors (Lipinski definition) is 0. The first-order valence-electron chi connectivity index (χ1n) is 15.9. The van der Waals surface area contributed by atoms with Crippen LogP contribution in [0, 0.1) is 0 Å². The molecule has 0 unspecified atom stereocenters. The average Bonchev–Trinajstić information content (AvgIpc) is 3.73. The molecule has 0 bridgehead atoms. The van der Waals surface area contributed by atoms with Crippen molar-refractivity contribution in [1.29, 1.82) is 0 Å². The molecule has 10 aromatic rings. The lowest BCUT2D eigenvalue weighted by atomic mass is 9.95. The fourth-order valence-corrected chi connectivity index (χ4v) is 6.81. The normalized spacial score (nSPS) is 11.8. The third-order valence-electron chi connectivity index (χ3n) is 9.11. The fraction of sp³-hybridized carbons (Fsp3) is 0. The first kappa shape index (κ1) is 26.6. The highest BCUT2D eigenvalue weighted by Gasteiger charge is 2.19. The van der Waals surface area contributed by atoms with E-state index >= 15 is 0 Å². The van der Waals surface area contributed by atoms with Crippen LogP contribution in [0.15, 0.2) is 160 Å². The Balaban J connectivity index is 1.21. The van der Waals surface area contributed by atoms with E-state index < -0.39 is 0 Å². The minimum Gasteiger partial charge on any atom is -0.456 e. The summed E-state index contributed by atoms with van der Waals surface area (Å²) in [7, 11) is 0. The molecule has 3 heterocycles. The van der Waals surface area contributed by atoms with Gasteiger partial charge in [-0.1, -0.05) is 109 Å². The van der Waals surface area contributed by atoms with E-state index in [1.807, 2.05) is 72.8 Å². The molecule has 0 N–H and O–H groups in total.